The predicted octanol–water partition coefficient (Wildman–Crippen LogP) is 5.01. The Labute approximate surface area is 164 Å². The summed E-state index contributed by atoms with van der Waals surface area (Å²) in [5.74, 6) is -0.207. The van der Waals surface area contributed by atoms with Crippen molar-refractivity contribution < 1.29 is 19.1 Å². The van der Waals surface area contributed by atoms with E-state index in [0.29, 0.717) is 12.2 Å². The summed E-state index contributed by atoms with van der Waals surface area (Å²) < 4.78 is 11.0. The summed E-state index contributed by atoms with van der Waals surface area (Å²) in [6.07, 6.45) is 5.89. The van der Waals surface area contributed by atoms with Gasteiger partial charge in [0.25, 0.3) is 0 Å². The number of nitrogens with two attached hydrogens (primary N) is 1. The van der Waals surface area contributed by atoms with Crippen molar-refractivity contribution in [3.63, 3.8) is 0 Å². The van der Waals surface area contributed by atoms with Gasteiger partial charge in [-0.3, -0.25) is 4.79 Å². The molecule has 0 aliphatic rings. The Balaban J connectivity index is 1.86. The Morgan fingerprint density at radius 1 is 0.963 bits per heavy atom. The van der Waals surface area contributed by atoms with Gasteiger partial charge in [0.2, 0.25) is 5.91 Å². The first-order valence-corrected chi connectivity index (χ1v) is 9.43. The van der Waals surface area contributed by atoms with E-state index in [1.54, 1.807) is 24.3 Å². The number of hydrogen-bond acceptors (Lipinski definition) is 4. The molecule has 0 atom stereocenters. The number of carbonyl (C=O) groups is 2. The smallest absolute Gasteiger partial charge is 0.343 e. The molecule has 0 saturated heterocycles. The van der Waals surface area contributed by atoms with Crippen molar-refractivity contribution in [2.45, 2.75) is 39.0 Å². The highest BCUT2D eigenvalue weighted by Crippen LogP contribution is 2.23. The highest BCUT2D eigenvalue weighted by molar-refractivity contribution is 6.33. The summed E-state index contributed by atoms with van der Waals surface area (Å²) >= 11 is 5.95. The third kappa shape index (κ3) is 6.61. The van der Waals surface area contributed by atoms with E-state index < -0.39 is 11.9 Å². The zero-order valence-electron chi connectivity index (χ0n) is 15.4. The van der Waals surface area contributed by atoms with Crippen LogP contribution in [0.3, 0.4) is 0 Å². The molecule has 0 unspecified atom stereocenters. The normalized spacial score (nSPS) is 10.4. The number of ether oxygens (including phenoxy) is 2. The van der Waals surface area contributed by atoms with Gasteiger partial charge in [-0.1, -0.05) is 44.2 Å². The van der Waals surface area contributed by atoms with Crippen LogP contribution in [0.2, 0.25) is 5.02 Å². The van der Waals surface area contributed by atoms with Crippen molar-refractivity contribution in [2.24, 2.45) is 5.73 Å². The summed E-state index contributed by atoms with van der Waals surface area (Å²) in [5, 5.41) is 0.135. The van der Waals surface area contributed by atoms with Crippen molar-refractivity contribution in [1.29, 1.82) is 0 Å². The van der Waals surface area contributed by atoms with Gasteiger partial charge in [-0.05, 0) is 42.8 Å². The molecule has 0 aromatic heterocycles. The highest BCUT2D eigenvalue weighted by Gasteiger charge is 2.12. The van der Waals surface area contributed by atoms with E-state index in [9.17, 15) is 9.59 Å². The lowest BCUT2D eigenvalue weighted by Crippen LogP contribution is -2.12. The van der Waals surface area contributed by atoms with Crippen molar-refractivity contribution in [3.8, 4) is 11.5 Å². The maximum atomic E-state index is 12.2. The van der Waals surface area contributed by atoms with Gasteiger partial charge < -0.3 is 15.2 Å². The molecule has 6 heteroatoms. The minimum Gasteiger partial charge on any atom is -0.494 e. The van der Waals surface area contributed by atoms with E-state index in [4.69, 9.17) is 26.8 Å². The molecule has 2 N–H and O–H groups in total. The zero-order valence-corrected chi connectivity index (χ0v) is 16.1. The molecule has 0 aliphatic carbocycles. The van der Waals surface area contributed by atoms with Crippen LogP contribution in [0.25, 0.3) is 0 Å². The van der Waals surface area contributed by atoms with E-state index in [-0.39, 0.29) is 16.3 Å². The molecule has 144 valence electrons. The van der Waals surface area contributed by atoms with Crippen LogP contribution in [-0.2, 0) is 0 Å². The predicted molar refractivity (Wildman–Crippen MR) is 106 cm³/mol. The van der Waals surface area contributed by atoms with E-state index in [0.717, 1.165) is 18.6 Å². The lowest BCUT2D eigenvalue weighted by Gasteiger charge is -2.08. The maximum Gasteiger partial charge on any atom is 0.343 e. The maximum absolute atomic E-state index is 12.2. The van der Waals surface area contributed by atoms with E-state index in [1.807, 2.05) is 0 Å². The van der Waals surface area contributed by atoms with Crippen LogP contribution in [0.4, 0.5) is 0 Å². The number of amides is 1. The molecule has 2 aromatic carbocycles. The molecule has 0 spiro atoms. The lowest BCUT2D eigenvalue weighted by molar-refractivity contribution is 0.0734. The number of halogens is 1. The van der Waals surface area contributed by atoms with Crippen molar-refractivity contribution in [3.05, 3.63) is 58.6 Å². The Morgan fingerprint density at radius 2 is 1.63 bits per heavy atom. The number of carbonyl (C=O) groups excluding carboxylic acids is 2. The molecule has 0 aliphatic heterocycles. The monoisotopic (exact) mass is 389 g/mol. The molecule has 1 amide bonds. The van der Waals surface area contributed by atoms with Gasteiger partial charge in [0.05, 0.1) is 22.8 Å². The van der Waals surface area contributed by atoms with Gasteiger partial charge in [0, 0.05) is 6.07 Å². The topological polar surface area (TPSA) is 78.6 Å². The second-order valence-corrected chi connectivity index (χ2v) is 6.59. The number of unbranched alkanes of at least 4 members (excludes halogenated alkanes) is 4. The van der Waals surface area contributed by atoms with Gasteiger partial charge in [0.15, 0.2) is 0 Å². The second kappa shape index (κ2) is 10.6. The van der Waals surface area contributed by atoms with Crippen LogP contribution < -0.4 is 15.2 Å². The SMILES string of the molecule is CCCCCCCOc1ccc(C(=O)Oc2ccc(C(N)=O)c(Cl)c2)cc1. The van der Waals surface area contributed by atoms with Crippen LogP contribution in [0.15, 0.2) is 42.5 Å². The first-order chi connectivity index (χ1) is 13.0. The fraction of sp³-hybridized carbons (Fsp3) is 0.333. The molecular formula is C21H24ClNO4. The average molecular weight is 390 g/mol. The van der Waals surface area contributed by atoms with Crippen LogP contribution in [-0.4, -0.2) is 18.5 Å². The molecule has 0 fully saturated rings. The number of rotatable bonds is 10. The van der Waals surface area contributed by atoms with Crippen molar-refractivity contribution >= 4 is 23.5 Å². The van der Waals surface area contributed by atoms with E-state index >= 15 is 0 Å². The molecule has 2 rings (SSSR count). The number of primary amides is 1. The highest BCUT2D eigenvalue weighted by atomic mass is 35.5. The Hall–Kier alpha value is -2.53. The fourth-order valence-electron chi connectivity index (χ4n) is 2.51. The summed E-state index contributed by atoms with van der Waals surface area (Å²) in [6, 6.07) is 11.1. The van der Waals surface area contributed by atoms with Gasteiger partial charge in [-0.15, -0.1) is 0 Å². The standard InChI is InChI=1S/C21H24ClNO4/c1-2-3-4-5-6-13-26-16-9-7-15(8-10-16)21(25)27-17-11-12-18(20(23)24)19(22)14-17/h7-12,14H,2-6,13H2,1H3,(H2,23,24). The van der Waals surface area contributed by atoms with E-state index in [2.05, 4.69) is 6.92 Å². The number of esters is 1. The van der Waals surface area contributed by atoms with Crippen LogP contribution in [0.5, 0.6) is 11.5 Å². The Morgan fingerprint density at radius 3 is 2.26 bits per heavy atom. The molecule has 0 heterocycles. The minimum atomic E-state index is -0.640. The van der Waals surface area contributed by atoms with E-state index in [1.165, 1.54) is 37.5 Å². The van der Waals surface area contributed by atoms with Gasteiger partial charge in [0.1, 0.15) is 11.5 Å². The Bertz CT molecular complexity index is 774. The molecular weight excluding hydrogens is 366 g/mol. The molecule has 0 saturated carbocycles. The summed E-state index contributed by atoms with van der Waals surface area (Å²) in [5.41, 5.74) is 5.76. The fourth-order valence-corrected chi connectivity index (χ4v) is 2.77. The number of benzene rings is 2. The van der Waals surface area contributed by atoms with Crippen LogP contribution >= 0.6 is 11.6 Å². The lowest BCUT2D eigenvalue weighted by atomic mass is 10.2. The van der Waals surface area contributed by atoms with Crippen molar-refractivity contribution in [2.75, 3.05) is 6.61 Å². The second-order valence-electron chi connectivity index (χ2n) is 6.18. The largest absolute Gasteiger partial charge is 0.494 e. The molecule has 2 aromatic rings. The first-order valence-electron chi connectivity index (χ1n) is 9.05. The Kier molecular flexibility index (Phi) is 8.14. The minimum absolute atomic E-state index is 0.135. The average Bonchev–Trinajstić information content (AvgIpc) is 2.65. The van der Waals surface area contributed by atoms with Crippen LogP contribution in [0, 0.1) is 0 Å². The number of hydrogen-bond donors (Lipinski definition) is 1. The molecule has 27 heavy (non-hydrogen) atoms. The zero-order chi connectivity index (χ0) is 19.6. The van der Waals surface area contributed by atoms with Gasteiger partial charge in [-0.2, -0.15) is 0 Å². The molecule has 0 bridgehead atoms. The summed E-state index contributed by atoms with van der Waals surface area (Å²) in [6.45, 7) is 2.85. The van der Waals surface area contributed by atoms with Crippen molar-refractivity contribution in [1.82, 2.24) is 0 Å². The summed E-state index contributed by atoms with van der Waals surface area (Å²) in [7, 11) is 0. The van der Waals surface area contributed by atoms with Gasteiger partial charge in [-0.25, -0.2) is 4.79 Å². The quantitative estimate of drug-likeness (QED) is 0.352. The third-order valence-electron chi connectivity index (χ3n) is 4.02. The van der Waals surface area contributed by atoms with Gasteiger partial charge >= 0.3 is 5.97 Å². The first kappa shape index (κ1) is 20.8. The third-order valence-corrected chi connectivity index (χ3v) is 4.34. The molecule has 5 nitrogen and oxygen atoms in total. The summed E-state index contributed by atoms with van der Waals surface area (Å²) in [4.78, 5) is 23.4. The van der Waals surface area contributed by atoms with Crippen LogP contribution in [0.1, 0.15) is 59.7 Å². The molecule has 0 radical (unpaired) electrons.